The summed E-state index contributed by atoms with van der Waals surface area (Å²) < 4.78 is 0. The van der Waals surface area contributed by atoms with Gasteiger partial charge in [-0.2, -0.15) is 0 Å². The largest absolute Gasteiger partial charge is 0.339 e. The molecule has 1 aliphatic rings. The molecular weight excluding hydrogens is 422 g/mol. The number of carbonyl (C=O) groups excluding carboxylic acids is 1. The first-order chi connectivity index (χ1) is 15.6. The van der Waals surface area contributed by atoms with E-state index in [1.807, 2.05) is 17.0 Å². The van der Waals surface area contributed by atoms with E-state index < -0.39 is 4.92 Å². The highest BCUT2D eigenvalue weighted by Crippen LogP contribution is 2.31. The molecule has 1 amide bonds. The average molecular weight is 448 g/mol. The van der Waals surface area contributed by atoms with Crippen molar-refractivity contribution in [2.75, 3.05) is 31.9 Å². The van der Waals surface area contributed by atoms with E-state index in [0.29, 0.717) is 18.0 Å². The molecule has 3 aromatic rings. The van der Waals surface area contributed by atoms with Crippen LogP contribution in [0.4, 0.5) is 5.69 Å². The first-order valence-electron chi connectivity index (χ1n) is 10.6. The molecule has 0 bridgehead atoms. The van der Waals surface area contributed by atoms with Crippen LogP contribution in [0.15, 0.2) is 89.8 Å². The Bertz CT molecular complexity index is 1010. The van der Waals surface area contributed by atoms with Crippen LogP contribution in [0, 0.1) is 10.1 Å². The fraction of sp³-hybridized carbons (Fsp3) is 0.240. The van der Waals surface area contributed by atoms with E-state index in [9.17, 15) is 14.9 Å². The molecule has 164 valence electrons. The van der Waals surface area contributed by atoms with Crippen molar-refractivity contribution in [1.82, 2.24) is 9.80 Å². The fourth-order valence-electron chi connectivity index (χ4n) is 4.08. The van der Waals surface area contributed by atoms with Crippen molar-refractivity contribution in [3.63, 3.8) is 0 Å². The summed E-state index contributed by atoms with van der Waals surface area (Å²) in [5.74, 6) is 0.217. The number of para-hydroxylation sites is 1. The number of piperazine rings is 1. The van der Waals surface area contributed by atoms with E-state index in [1.54, 1.807) is 18.2 Å². The summed E-state index contributed by atoms with van der Waals surface area (Å²) in [6, 6.07) is 27.6. The summed E-state index contributed by atoms with van der Waals surface area (Å²) in [6.07, 6.45) is 0. The lowest BCUT2D eigenvalue weighted by atomic mass is 9.96. The summed E-state index contributed by atoms with van der Waals surface area (Å²) in [5.41, 5.74) is 2.53. The van der Waals surface area contributed by atoms with E-state index in [1.165, 1.54) is 29.0 Å². The van der Waals surface area contributed by atoms with Crippen LogP contribution in [-0.2, 0) is 4.79 Å². The van der Waals surface area contributed by atoms with Gasteiger partial charge in [0.2, 0.25) is 5.91 Å². The third-order valence-corrected chi connectivity index (χ3v) is 6.72. The zero-order chi connectivity index (χ0) is 22.3. The molecule has 32 heavy (non-hydrogen) atoms. The van der Waals surface area contributed by atoms with Crippen LogP contribution < -0.4 is 0 Å². The number of hydrogen-bond donors (Lipinski definition) is 0. The zero-order valence-electron chi connectivity index (χ0n) is 17.7. The molecule has 0 N–H and O–H groups in total. The van der Waals surface area contributed by atoms with Gasteiger partial charge in [0.25, 0.3) is 5.69 Å². The minimum absolute atomic E-state index is 0.0174. The van der Waals surface area contributed by atoms with Crippen LogP contribution in [-0.4, -0.2) is 52.6 Å². The average Bonchev–Trinajstić information content (AvgIpc) is 2.84. The Morgan fingerprint density at radius 1 is 0.844 bits per heavy atom. The first-order valence-corrected chi connectivity index (χ1v) is 11.6. The minimum Gasteiger partial charge on any atom is -0.339 e. The third kappa shape index (κ3) is 5.18. The van der Waals surface area contributed by atoms with Gasteiger partial charge in [0.1, 0.15) is 0 Å². The van der Waals surface area contributed by atoms with Gasteiger partial charge in [-0.05, 0) is 17.2 Å². The standard InChI is InChI=1S/C25H25N3O3S/c29-24(19-32-23-14-8-7-13-22(23)28(30)31)26-15-17-27(18-16-26)25(20-9-3-1-4-10-20)21-11-5-2-6-12-21/h1-14,25H,15-19H2. The lowest BCUT2D eigenvalue weighted by Crippen LogP contribution is -2.50. The van der Waals surface area contributed by atoms with Crippen molar-refractivity contribution in [3.05, 3.63) is 106 Å². The Kier molecular flexibility index (Phi) is 7.19. The van der Waals surface area contributed by atoms with E-state index >= 15 is 0 Å². The van der Waals surface area contributed by atoms with Gasteiger partial charge in [0.15, 0.2) is 0 Å². The number of thioether (sulfide) groups is 1. The fourth-order valence-corrected chi connectivity index (χ4v) is 5.00. The van der Waals surface area contributed by atoms with Crippen LogP contribution in [0.25, 0.3) is 0 Å². The Hall–Kier alpha value is -3.16. The molecule has 1 fully saturated rings. The highest BCUT2D eigenvalue weighted by molar-refractivity contribution is 8.00. The molecule has 4 rings (SSSR count). The smallest absolute Gasteiger partial charge is 0.282 e. The molecule has 0 aliphatic carbocycles. The quantitative estimate of drug-likeness (QED) is 0.300. The van der Waals surface area contributed by atoms with Gasteiger partial charge >= 0.3 is 0 Å². The van der Waals surface area contributed by atoms with Gasteiger partial charge in [-0.1, -0.05) is 72.8 Å². The second-order valence-corrected chi connectivity index (χ2v) is 8.67. The summed E-state index contributed by atoms with van der Waals surface area (Å²) in [4.78, 5) is 28.4. The Morgan fingerprint density at radius 2 is 1.38 bits per heavy atom. The van der Waals surface area contributed by atoms with Crippen molar-refractivity contribution in [3.8, 4) is 0 Å². The van der Waals surface area contributed by atoms with E-state index in [4.69, 9.17) is 0 Å². The molecule has 0 unspecified atom stereocenters. The summed E-state index contributed by atoms with van der Waals surface area (Å²) in [7, 11) is 0. The number of nitro benzene ring substituents is 1. The van der Waals surface area contributed by atoms with Crippen molar-refractivity contribution < 1.29 is 9.72 Å². The normalized spacial score (nSPS) is 14.5. The molecule has 1 heterocycles. The van der Waals surface area contributed by atoms with E-state index in [0.717, 1.165) is 13.1 Å². The highest BCUT2D eigenvalue weighted by Gasteiger charge is 2.28. The molecule has 1 saturated heterocycles. The topological polar surface area (TPSA) is 66.7 Å². The van der Waals surface area contributed by atoms with Crippen molar-refractivity contribution in [2.45, 2.75) is 10.9 Å². The van der Waals surface area contributed by atoms with Gasteiger partial charge in [0.05, 0.1) is 21.6 Å². The van der Waals surface area contributed by atoms with E-state index in [2.05, 4.69) is 53.4 Å². The van der Waals surface area contributed by atoms with Crippen molar-refractivity contribution >= 4 is 23.4 Å². The molecular formula is C25H25N3O3S. The molecule has 0 aromatic heterocycles. The molecule has 7 heteroatoms. The van der Waals surface area contributed by atoms with Crippen molar-refractivity contribution in [1.29, 1.82) is 0 Å². The zero-order valence-corrected chi connectivity index (χ0v) is 18.5. The summed E-state index contributed by atoms with van der Waals surface area (Å²) in [6.45, 7) is 2.84. The van der Waals surface area contributed by atoms with Crippen LogP contribution >= 0.6 is 11.8 Å². The van der Waals surface area contributed by atoms with Crippen LogP contribution in [0.3, 0.4) is 0 Å². The number of hydrogen-bond acceptors (Lipinski definition) is 5. The molecule has 0 atom stereocenters. The molecule has 0 radical (unpaired) electrons. The monoisotopic (exact) mass is 447 g/mol. The number of rotatable bonds is 7. The predicted molar refractivity (Wildman–Crippen MR) is 127 cm³/mol. The number of benzene rings is 3. The summed E-state index contributed by atoms with van der Waals surface area (Å²) >= 11 is 1.23. The number of amides is 1. The summed E-state index contributed by atoms with van der Waals surface area (Å²) in [5, 5.41) is 11.2. The van der Waals surface area contributed by atoms with Crippen LogP contribution in [0.5, 0.6) is 0 Å². The van der Waals surface area contributed by atoms with Gasteiger partial charge in [-0.3, -0.25) is 19.8 Å². The lowest BCUT2D eigenvalue weighted by Gasteiger charge is -2.39. The number of carbonyl (C=O) groups is 1. The third-order valence-electron chi connectivity index (χ3n) is 5.68. The second kappa shape index (κ2) is 10.4. The molecule has 0 saturated carbocycles. The maximum Gasteiger partial charge on any atom is 0.282 e. The molecule has 6 nitrogen and oxygen atoms in total. The number of nitro groups is 1. The first kappa shape index (κ1) is 22.0. The minimum atomic E-state index is -0.404. The van der Waals surface area contributed by atoms with Gasteiger partial charge in [0, 0.05) is 32.2 Å². The van der Waals surface area contributed by atoms with Gasteiger partial charge in [-0.25, -0.2) is 0 Å². The molecule has 1 aliphatic heterocycles. The van der Waals surface area contributed by atoms with Gasteiger partial charge in [-0.15, -0.1) is 11.8 Å². The van der Waals surface area contributed by atoms with Crippen LogP contribution in [0.2, 0.25) is 0 Å². The Labute approximate surface area is 192 Å². The van der Waals surface area contributed by atoms with E-state index in [-0.39, 0.29) is 23.4 Å². The molecule has 3 aromatic carbocycles. The molecule has 0 spiro atoms. The second-order valence-electron chi connectivity index (χ2n) is 7.65. The number of nitrogens with zero attached hydrogens (tertiary/aromatic N) is 3. The Balaban J connectivity index is 1.39. The lowest BCUT2D eigenvalue weighted by molar-refractivity contribution is -0.387. The maximum absolute atomic E-state index is 12.8. The Morgan fingerprint density at radius 3 is 1.94 bits per heavy atom. The van der Waals surface area contributed by atoms with Crippen LogP contribution in [0.1, 0.15) is 17.2 Å². The van der Waals surface area contributed by atoms with Gasteiger partial charge < -0.3 is 4.90 Å². The van der Waals surface area contributed by atoms with Crippen molar-refractivity contribution in [2.24, 2.45) is 0 Å². The SMILES string of the molecule is O=C(CSc1ccccc1[N+](=O)[O-])N1CCN(C(c2ccccc2)c2ccccc2)CC1. The maximum atomic E-state index is 12.8. The highest BCUT2D eigenvalue weighted by atomic mass is 32.2. The predicted octanol–water partition coefficient (Wildman–Crippen LogP) is 4.62.